The molecule has 6 nitrogen and oxygen atoms in total. The summed E-state index contributed by atoms with van der Waals surface area (Å²) in [5, 5.41) is 2.66. The number of anilines is 1. The summed E-state index contributed by atoms with van der Waals surface area (Å²) in [5.41, 5.74) is 11.0. The lowest BCUT2D eigenvalue weighted by Crippen LogP contribution is -2.24. The Labute approximate surface area is 136 Å². The molecule has 2 aromatic rings. The highest BCUT2D eigenvalue weighted by atomic mass is 19.2. The second-order valence-electron chi connectivity index (χ2n) is 5.13. The fraction of sp³-hybridized carbons (Fsp3) is 0.188. The van der Waals surface area contributed by atoms with Crippen molar-refractivity contribution in [2.24, 2.45) is 5.73 Å². The highest BCUT2D eigenvalue weighted by molar-refractivity contribution is 5.94. The molecule has 1 aromatic heterocycles. The molecule has 5 N–H and O–H groups in total. The van der Waals surface area contributed by atoms with Gasteiger partial charge in [-0.15, -0.1) is 0 Å². The van der Waals surface area contributed by atoms with Gasteiger partial charge < -0.3 is 16.8 Å². The molecule has 0 unspecified atom stereocenters. The van der Waals surface area contributed by atoms with Crippen molar-refractivity contribution in [1.29, 1.82) is 0 Å². The number of halogens is 2. The number of nitrogens with two attached hydrogens (primary N) is 2. The number of nitrogens with one attached hydrogen (secondary N) is 1. The largest absolute Gasteiger partial charge is 0.384 e. The third-order valence-corrected chi connectivity index (χ3v) is 3.39. The molecule has 0 aliphatic heterocycles. The van der Waals surface area contributed by atoms with Gasteiger partial charge in [0.25, 0.3) is 5.91 Å². The smallest absolute Gasteiger partial charge is 0.252 e. The number of rotatable bonds is 6. The van der Waals surface area contributed by atoms with Crippen LogP contribution in [0.2, 0.25) is 0 Å². The predicted octanol–water partition coefficient (Wildman–Crippen LogP) is 1.29. The normalized spacial score (nSPS) is 10.4. The number of nitrogens with zero attached hydrogens (tertiary/aromatic N) is 1. The number of carbonyl (C=O) groups excluding carboxylic acids is 2. The van der Waals surface area contributed by atoms with Crippen LogP contribution in [0.3, 0.4) is 0 Å². The van der Waals surface area contributed by atoms with E-state index >= 15 is 0 Å². The van der Waals surface area contributed by atoms with Crippen LogP contribution in [0, 0.1) is 11.6 Å². The topological polar surface area (TPSA) is 111 Å². The maximum atomic E-state index is 13.6. The quantitative estimate of drug-likeness (QED) is 0.739. The average Bonchev–Trinajstić information content (AvgIpc) is 2.55. The Balaban J connectivity index is 1.95. The van der Waals surface area contributed by atoms with E-state index in [-0.39, 0.29) is 30.9 Å². The Morgan fingerprint density at radius 1 is 1.17 bits per heavy atom. The first-order chi connectivity index (χ1) is 11.4. The molecular formula is C16H16F2N4O2. The predicted molar refractivity (Wildman–Crippen MR) is 83.7 cm³/mol. The van der Waals surface area contributed by atoms with Gasteiger partial charge in [0.2, 0.25) is 5.91 Å². The third kappa shape index (κ3) is 4.25. The minimum absolute atomic E-state index is 0.00620. The number of hydrogen-bond acceptors (Lipinski definition) is 4. The Bertz CT molecular complexity index is 763. The number of aryl methyl sites for hydroxylation is 1. The van der Waals surface area contributed by atoms with Crippen LogP contribution in [0.5, 0.6) is 0 Å². The van der Waals surface area contributed by atoms with Crippen LogP contribution in [-0.2, 0) is 17.8 Å². The van der Waals surface area contributed by atoms with E-state index in [9.17, 15) is 18.4 Å². The number of benzene rings is 1. The van der Waals surface area contributed by atoms with E-state index in [0.717, 1.165) is 11.6 Å². The highest BCUT2D eigenvalue weighted by Crippen LogP contribution is 2.18. The van der Waals surface area contributed by atoms with Gasteiger partial charge in [-0.2, -0.15) is 0 Å². The van der Waals surface area contributed by atoms with Crippen LogP contribution in [-0.4, -0.2) is 16.8 Å². The molecule has 8 heteroatoms. The fourth-order valence-electron chi connectivity index (χ4n) is 2.14. The number of nitrogen functional groups attached to an aromatic ring is 1. The summed E-state index contributed by atoms with van der Waals surface area (Å²) in [7, 11) is 0. The summed E-state index contributed by atoms with van der Waals surface area (Å²) in [6.45, 7) is 0.257. The van der Waals surface area contributed by atoms with Crippen LogP contribution in [0.25, 0.3) is 0 Å². The van der Waals surface area contributed by atoms with E-state index in [0.29, 0.717) is 5.82 Å². The Hall–Kier alpha value is -3.03. The number of carbonyl (C=O) groups is 2. The molecule has 0 bridgehead atoms. The molecule has 0 atom stereocenters. The lowest BCUT2D eigenvalue weighted by molar-refractivity contribution is -0.121. The molecule has 24 heavy (non-hydrogen) atoms. The molecule has 1 heterocycles. The molecule has 0 saturated carbocycles. The molecule has 0 spiro atoms. The summed E-state index contributed by atoms with van der Waals surface area (Å²) in [5.74, 6) is -3.47. The number of hydrogen-bond donors (Lipinski definition) is 3. The van der Waals surface area contributed by atoms with E-state index < -0.39 is 23.1 Å². The van der Waals surface area contributed by atoms with Gasteiger partial charge in [0.1, 0.15) is 5.82 Å². The zero-order valence-electron chi connectivity index (χ0n) is 12.7. The van der Waals surface area contributed by atoms with Gasteiger partial charge in [-0.1, -0.05) is 12.1 Å². The molecule has 0 saturated heterocycles. The first-order valence-electron chi connectivity index (χ1n) is 7.12. The van der Waals surface area contributed by atoms with Crippen molar-refractivity contribution in [2.45, 2.75) is 19.4 Å². The van der Waals surface area contributed by atoms with Crippen LogP contribution in [0.1, 0.15) is 27.9 Å². The summed E-state index contributed by atoms with van der Waals surface area (Å²) in [6, 6.07) is 5.48. The van der Waals surface area contributed by atoms with Crippen molar-refractivity contribution in [2.75, 3.05) is 5.73 Å². The maximum absolute atomic E-state index is 13.6. The summed E-state index contributed by atoms with van der Waals surface area (Å²) in [4.78, 5) is 27.0. The van der Waals surface area contributed by atoms with E-state index in [4.69, 9.17) is 11.5 Å². The van der Waals surface area contributed by atoms with E-state index in [1.807, 2.05) is 0 Å². The van der Waals surface area contributed by atoms with Crippen LogP contribution in [0.4, 0.5) is 14.6 Å². The average molecular weight is 334 g/mol. The van der Waals surface area contributed by atoms with Gasteiger partial charge in [-0.3, -0.25) is 9.59 Å². The molecule has 2 amide bonds. The fourth-order valence-corrected chi connectivity index (χ4v) is 2.14. The minimum Gasteiger partial charge on any atom is -0.384 e. The van der Waals surface area contributed by atoms with Crippen LogP contribution < -0.4 is 16.8 Å². The molecule has 0 aliphatic carbocycles. The van der Waals surface area contributed by atoms with Crippen molar-refractivity contribution in [1.82, 2.24) is 10.3 Å². The van der Waals surface area contributed by atoms with E-state index in [1.165, 1.54) is 12.3 Å². The lowest BCUT2D eigenvalue weighted by Gasteiger charge is -2.09. The Morgan fingerprint density at radius 2 is 1.92 bits per heavy atom. The molecule has 0 aliphatic rings. The minimum atomic E-state index is -1.30. The van der Waals surface area contributed by atoms with Crippen LogP contribution in [0.15, 0.2) is 30.5 Å². The van der Waals surface area contributed by atoms with Gasteiger partial charge in [-0.25, -0.2) is 13.8 Å². The first kappa shape index (κ1) is 17.3. The van der Waals surface area contributed by atoms with E-state index in [1.54, 1.807) is 12.1 Å². The molecule has 2 rings (SSSR count). The standard InChI is InChI=1S/C16H16F2N4O2/c17-11-4-2-10(14(15(11)18)16(20)24)3-6-13(23)22-8-9-1-5-12(19)21-7-9/h1-2,4-5,7H,3,6,8H2,(H2,19,21)(H2,20,24)(H,22,23). The maximum Gasteiger partial charge on any atom is 0.252 e. The Morgan fingerprint density at radius 3 is 2.54 bits per heavy atom. The van der Waals surface area contributed by atoms with Gasteiger partial charge >= 0.3 is 0 Å². The van der Waals surface area contributed by atoms with E-state index in [2.05, 4.69) is 10.3 Å². The SMILES string of the molecule is NC(=O)c1c(CCC(=O)NCc2ccc(N)nc2)ccc(F)c1F. The molecule has 0 fully saturated rings. The summed E-state index contributed by atoms with van der Waals surface area (Å²) in [6.07, 6.45) is 1.59. The van der Waals surface area contributed by atoms with Crippen molar-refractivity contribution in [3.63, 3.8) is 0 Å². The molecule has 0 radical (unpaired) electrons. The number of pyridine rings is 1. The Kier molecular flexibility index (Phi) is 5.41. The third-order valence-electron chi connectivity index (χ3n) is 3.39. The van der Waals surface area contributed by atoms with Gasteiger partial charge in [0.15, 0.2) is 11.6 Å². The van der Waals surface area contributed by atoms with Gasteiger partial charge in [0, 0.05) is 19.2 Å². The lowest BCUT2D eigenvalue weighted by atomic mass is 10.0. The molecular weight excluding hydrogens is 318 g/mol. The van der Waals surface area contributed by atoms with Crippen molar-refractivity contribution in [3.8, 4) is 0 Å². The highest BCUT2D eigenvalue weighted by Gasteiger charge is 2.18. The summed E-state index contributed by atoms with van der Waals surface area (Å²) < 4.78 is 26.8. The molecule has 1 aromatic carbocycles. The van der Waals surface area contributed by atoms with Crippen LogP contribution >= 0.6 is 0 Å². The second kappa shape index (κ2) is 7.49. The first-order valence-corrected chi connectivity index (χ1v) is 7.12. The number of aromatic nitrogens is 1. The number of primary amides is 1. The van der Waals surface area contributed by atoms with Crippen molar-refractivity contribution >= 4 is 17.6 Å². The summed E-state index contributed by atoms with van der Waals surface area (Å²) >= 11 is 0. The van der Waals surface area contributed by atoms with Gasteiger partial charge in [0.05, 0.1) is 5.56 Å². The second-order valence-corrected chi connectivity index (χ2v) is 5.13. The zero-order chi connectivity index (χ0) is 17.7. The zero-order valence-corrected chi connectivity index (χ0v) is 12.7. The van der Waals surface area contributed by atoms with Crippen molar-refractivity contribution in [3.05, 3.63) is 58.8 Å². The number of amides is 2. The monoisotopic (exact) mass is 334 g/mol. The molecule has 126 valence electrons. The van der Waals surface area contributed by atoms with Gasteiger partial charge in [-0.05, 0) is 29.7 Å². The van der Waals surface area contributed by atoms with Crippen molar-refractivity contribution < 1.29 is 18.4 Å².